The second-order valence-electron chi connectivity index (χ2n) is 10.4. The number of carbonyl (C=O) groups is 1. The number of rotatable bonds is 5. The molecule has 2 aromatic carbocycles. The van der Waals surface area contributed by atoms with Crippen LogP contribution in [0, 0.1) is 0 Å². The molecule has 7 nitrogen and oxygen atoms in total. The summed E-state index contributed by atoms with van der Waals surface area (Å²) in [5, 5.41) is 0.856. The van der Waals surface area contributed by atoms with E-state index in [1.807, 2.05) is 75.4 Å². The van der Waals surface area contributed by atoms with Crippen LogP contribution in [0.5, 0.6) is 11.5 Å². The third kappa shape index (κ3) is 5.66. The quantitative estimate of drug-likeness (QED) is 0.240. The highest BCUT2D eigenvalue weighted by Crippen LogP contribution is 2.39. The molecule has 0 aliphatic heterocycles. The average molecular weight is 497 g/mol. The van der Waals surface area contributed by atoms with E-state index in [4.69, 9.17) is 15.2 Å². The van der Waals surface area contributed by atoms with Crippen molar-refractivity contribution in [2.24, 2.45) is 0 Å². The Morgan fingerprint density at radius 2 is 1.68 bits per heavy atom. The van der Waals surface area contributed by atoms with Gasteiger partial charge in [0.05, 0.1) is 5.39 Å². The lowest BCUT2D eigenvalue weighted by atomic mass is 9.90. The highest BCUT2D eigenvalue weighted by molar-refractivity contribution is 6.00. The van der Waals surface area contributed by atoms with E-state index in [1.165, 1.54) is 6.33 Å². The topological polar surface area (TPSA) is 92.3 Å². The van der Waals surface area contributed by atoms with Crippen molar-refractivity contribution in [3.63, 3.8) is 0 Å². The van der Waals surface area contributed by atoms with Crippen LogP contribution in [0.3, 0.4) is 0 Å². The number of para-hydroxylation sites is 1. The number of carbonyl (C=O) groups excluding carboxylic acids is 1. The predicted molar refractivity (Wildman–Crippen MR) is 145 cm³/mol. The molecule has 0 radical (unpaired) electrons. The second kappa shape index (κ2) is 10.1. The Morgan fingerprint density at radius 3 is 2.35 bits per heavy atom. The first-order valence-electron chi connectivity index (χ1n) is 12.6. The van der Waals surface area contributed by atoms with Crippen molar-refractivity contribution >= 4 is 22.8 Å². The maximum Gasteiger partial charge on any atom is 0.331 e. The Morgan fingerprint density at radius 1 is 1.00 bits per heavy atom. The third-order valence-electron chi connectivity index (χ3n) is 6.50. The number of benzene rings is 2. The fourth-order valence-electron chi connectivity index (χ4n) is 4.83. The Hall–Kier alpha value is -4.13. The van der Waals surface area contributed by atoms with Crippen LogP contribution in [-0.4, -0.2) is 26.1 Å². The number of ether oxygens (including phenoxy) is 2. The Balaban J connectivity index is 1.38. The van der Waals surface area contributed by atoms with Crippen LogP contribution in [-0.2, 0) is 9.53 Å². The van der Waals surface area contributed by atoms with Crippen molar-refractivity contribution in [3.05, 3.63) is 78.8 Å². The summed E-state index contributed by atoms with van der Waals surface area (Å²) in [5.74, 6) is 1.75. The molecule has 1 aliphatic rings. The predicted octanol–water partition coefficient (Wildman–Crippen LogP) is 6.86. The summed E-state index contributed by atoms with van der Waals surface area (Å²) in [6, 6.07) is 17.9. The van der Waals surface area contributed by atoms with Gasteiger partial charge in [0, 0.05) is 23.9 Å². The number of nitrogens with two attached hydrogens (primary N) is 1. The Labute approximate surface area is 216 Å². The number of allylic oxidation sites excluding steroid dienone is 1. The Kier molecular flexibility index (Phi) is 6.70. The first kappa shape index (κ1) is 24.6. The van der Waals surface area contributed by atoms with Crippen molar-refractivity contribution in [2.45, 2.75) is 58.1 Å². The first-order valence-corrected chi connectivity index (χ1v) is 12.6. The van der Waals surface area contributed by atoms with Crippen molar-refractivity contribution in [1.29, 1.82) is 0 Å². The van der Waals surface area contributed by atoms with Gasteiger partial charge in [-0.2, -0.15) is 0 Å². The van der Waals surface area contributed by atoms with Gasteiger partial charge in [0.1, 0.15) is 34.9 Å². The van der Waals surface area contributed by atoms with Crippen LogP contribution < -0.4 is 10.5 Å². The molecule has 190 valence electrons. The normalized spacial score (nSPS) is 16.0. The van der Waals surface area contributed by atoms with Gasteiger partial charge in [0.15, 0.2) is 0 Å². The number of fused-ring (bicyclic) bond motifs is 1. The van der Waals surface area contributed by atoms with Crippen LogP contribution in [0.1, 0.15) is 52.5 Å². The van der Waals surface area contributed by atoms with Crippen LogP contribution in [0.2, 0.25) is 0 Å². The standard InChI is InChI=1S/C30H32N4O3/c1-30(2,3)37-26(35)17-20-9-13-22(14-10-20)34-18-25(27-28(31)32-19-33-29(27)34)21-11-15-24(16-12-21)36-23-7-5-4-6-8-23/h4-8,11-12,15-19,22H,9-10,13-14H2,1-3H3,(H2,31,32,33). The van der Waals surface area contributed by atoms with Gasteiger partial charge in [-0.05, 0) is 76.3 Å². The number of anilines is 1. The lowest BCUT2D eigenvalue weighted by Gasteiger charge is -2.26. The number of aromatic nitrogens is 3. The number of esters is 1. The number of nitrogen functional groups attached to an aromatic ring is 1. The van der Waals surface area contributed by atoms with Crippen molar-refractivity contribution in [2.75, 3.05) is 5.73 Å². The summed E-state index contributed by atoms with van der Waals surface area (Å²) in [6.45, 7) is 5.64. The molecule has 1 aliphatic carbocycles. The number of hydrogen-bond donors (Lipinski definition) is 1. The van der Waals surface area contributed by atoms with Gasteiger partial charge in [-0.1, -0.05) is 35.9 Å². The van der Waals surface area contributed by atoms with Gasteiger partial charge in [0.25, 0.3) is 0 Å². The smallest absolute Gasteiger partial charge is 0.331 e. The van der Waals surface area contributed by atoms with E-state index >= 15 is 0 Å². The van der Waals surface area contributed by atoms with E-state index in [9.17, 15) is 4.79 Å². The average Bonchev–Trinajstić information content (AvgIpc) is 3.25. The largest absolute Gasteiger partial charge is 0.457 e. The van der Waals surface area contributed by atoms with Gasteiger partial charge < -0.3 is 19.8 Å². The molecule has 37 heavy (non-hydrogen) atoms. The van der Waals surface area contributed by atoms with Crippen LogP contribution in [0.4, 0.5) is 5.82 Å². The zero-order chi connectivity index (χ0) is 26.0. The monoisotopic (exact) mass is 496 g/mol. The van der Waals surface area contributed by atoms with Crippen LogP contribution in [0.15, 0.2) is 78.8 Å². The molecular formula is C30H32N4O3. The molecule has 7 heteroatoms. The lowest BCUT2D eigenvalue weighted by Crippen LogP contribution is -2.23. The van der Waals surface area contributed by atoms with Gasteiger partial charge in [-0.25, -0.2) is 14.8 Å². The van der Waals surface area contributed by atoms with E-state index in [-0.39, 0.29) is 12.0 Å². The minimum atomic E-state index is -0.489. The molecule has 0 atom stereocenters. The minimum absolute atomic E-state index is 0.252. The minimum Gasteiger partial charge on any atom is -0.457 e. The summed E-state index contributed by atoms with van der Waals surface area (Å²) in [4.78, 5) is 21.1. The van der Waals surface area contributed by atoms with Gasteiger partial charge in [-0.15, -0.1) is 0 Å². The van der Waals surface area contributed by atoms with E-state index in [0.29, 0.717) is 5.82 Å². The maximum absolute atomic E-state index is 12.2. The van der Waals surface area contributed by atoms with Crippen molar-refractivity contribution in [1.82, 2.24) is 14.5 Å². The molecule has 2 heterocycles. The number of hydrogen-bond acceptors (Lipinski definition) is 6. The van der Waals surface area contributed by atoms with Gasteiger partial charge in [0.2, 0.25) is 0 Å². The van der Waals surface area contributed by atoms with Crippen LogP contribution in [0.25, 0.3) is 22.2 Å². The molecule has 0 unspecified atom stereocenters. The molecule has 2 aromatic heterocycles. The second-order valence-corrected chi connectivity index (χ2v) is 10.4. The summed E-state index contributed by atoms with van der Waals surface area (Å²) in [7, 11) is 0. The van der Waals surface area contributed by atoms with Crippen molar-refractivity contribution in [3.8, 4) is 22.6 Å². The van der Waals surface area contributed by atoms with Gasteiger partial charge in [-0.3, -0.25) is 0 Å². The van der Waals surface area contributed by atoms with Crippen LogP contribution >= 0.6 is 0 Å². The van der Waals surface area contributed by atoms with E-state index < -0.39 is 5.60 Å². The highest BCUT2D eigenvalue weighted by atomic mass is 16.6. The van der Waals surface area contributed by atoms with Crippen molar-refractivity contribution < 1.29 is 14.3 Å². The first-order chi connectivity index (χ1) is 17.8. The molecule has 0 saturated heterocycles. The maximum atomic E-state index is 12.2. The summed E-state index contributed by atoms with van der Waals surface area (Å²) in [5.41, 5.74) is 9.83. The fraction of sp³-hybridized carbons (Fsp3) is 0.300. The third-order valence-corrected chi connectivity index (χ3v) is 6.50. The molecule has 2 N–H and O–H groups in total. The molecule has 1 saturated carbocycles. The fourth-order valence-corrected chi connectivity index (χ4v) is 4.83. The zero-order valence-electron chi connectivity index (χ0n) is 21.5. The summed E-state index contributed by atoms with van der Waals surface area (Å²) in [6.07, 6.45) is 8.81. The van der Waals surface area contributed by atoms with E-state index in [1.54, 1.807) is 6.08 Å². The van der Waals surface area contributed by atoms with Gasteiger partial charge >= 0.3 is 5.97 Å². The SMILES string of the molecule is CC(C)(C)OC(=O)C=C1CCC(n2cc(-c3ccc(Oc4ccccc4)cc3)c3c(N)ncnc32)CC1. The molecule has 0 amide bonds. The number of nitrogens with zero attached hydrogens (tertiary/aromatic N) is 3. The molecule has 5 rings (SSSR count). The molecule has 4 aromatic rings. The summed E-state index contributed by atoms with van der Waals surface area (Å²) < 4.78 is 13.6. The highest BCUT2D eigenvalue weighted by Gasteiger charge is 2.24. The van der Waals surface area contributed by atoms with E-state index in [2.05, 4.69) is 20.7 Å². The summed E-state index contributed by atoms with van der Waals surface area (Å²) >= 11 is 0. The zero-order valence-corrected chi connectivity index (χ0v) is 21.5. The molecular weight excluding hydrogens is 464 g/mol. The van der Waals surface area contributed by atoms with E-state index in [0.717, 1.165) is 64.9 Å². The molecule has 0 bridgehead atoms. The molecule has 0 spiro atoms. The lowest BCUT2D eigenvalue weighted by molar-refractivity contribution is -0.148. The Bertz CT molecular complexity index is 1420. The molecule has 1 fully saturated rings.